The van der Waals surface area contributed by atoms with Crippen molar-refractivity contribution >= 4 is 0 Å². The van der Waals surface area contributed by atoms with E-state index in [-0.39, 0.29) is 85.0 Å². The summed E-state index contributed by atoms with van der Waals surface area (Å²) in [6.07, 6.45) is 0. The van der Waals surface area contributed by atoms with Crippen LogP contribution in [0.1, 0.15) is 0 Å². The quantitative estimate of drug-likeness (QED) is 0.310. The molecule has 0 aromatic carbocycles. The second kappa shape index (κ2) is 36.7. The summed E-state index contributed by atoms with van der Waals surface area (Å²) >= 11 is 0. The SMILES string of the molecule is [F-].[F-].[F-].[K+].[Zn+2]. The molecule has 0 aromatic rings. The Labute approximate surface area is 83.4 Å². The Bertz CT molecular complexity index is 6.85. The molecule has 0 rings (SSSR count). The van der Waals surface area contributed by atoms with E-state index in [9.17, 15) is 0 Å². The van der Waals surface area contributed by atoms with Crippen LogP contribution in [0.15, 0.2) is 0 Å². The van der Waals surface area contributed by atoms with Gasteiger partial charge in [-0.1, -0.05) is 0 Å². The molecule has 0 N–H and O–H groups in total. The molecule has 5 heavy (non-hydrogen) atoms. The first-order valence-electron chi connectivity index (χ1n) is 0. The van der Waals surface area contributed by atoms with Crippen molar-refractivity contribution in [2.24, 2.45) is 0 Å². The second-order valence-electron chi connectivity index (χ2n) is 0. The van der Waals surface area contributed by atoms with Gasteiger partial charge >= 0.3 is 70.9 Å². The third-order valence-corrected chi connectivity index (χ3v) is 0. The zero-order valence-corrected chi connectivity index (χ0v) is 8.93. The minimum Gasteiger partial charge on any atom is -1.00 e. The standard InChI is InChI=1S/3FH.K.Zn/h3*1H;;/q;;;+1;+2/p-3. The summed E-state index contributed by atoms with van der Waals surface area (Å²) in [5.74, 6) is 0. The van der Waals surface area contributed by atoms with Crippen LogP contribution in [0.2, 0.25) is 0 Å². The molecule has 0 saturated carbocycles. The maximum atomic E-state index is 0. The largest absolute Gasteiger partial charge is 2.00 e. The van der Waals surface area contributed by atoms with Gasteiger partial charge in [-0.25, -0.2) is 0 Å². The fourth-order valence-electron chi connectivity index (χ4n) is 0. The number of hydrogen-bond donors (Lipinski definition) is 0. The number of halogens is 3. The van der Waals surface area contributed by atoms with E-state index >= 15 is 0 Å². The first-order chi connectivity index (χ1) is 0. The Morgan fingerprint density at radius 3 is 0.600 bits per heavy atom. The smallest absolute Gasteiger partial charge is 1.00 e. The second-order valence-corrected chi connectivity index (χ2v) is 0. The molecule has 0 fully saturated rings. The van der Waals surface area contributed by atoms with Crippen molar-refractivity contribution in [2.45, 2.75) is 0 Å². The summed E-state index contributed by atoms with van der Waals surface area (Å²) in [4.78, 5) is 0. The topological polar surface area (TPSA) is 0 Å². The van der Waals surface area contributed by atoms with E-state index in [1.807, 2.05) is 0 Å². The van der Waals surface area contributed by atoms with Crippen molar-refractivity contribution in [1.82, 2.24) is 0 Å². The molecular formula is F3KZn. The average molecular weight is 161 g/mol. The van der Waals surface area contributed by atoms with E-state index in [4.69, 9.17) is 0 Å². The van der Waals surface area contributed by atoms with Crippen LogP contribution >= 0.6 is 0 Å². The molecule has 0 aliphatic carbocycles. The van der Waals surface area contributed by atoms with Crippen LogP contribution < -0.4 is 65.5 Å². The van der Waals surface area contributed by atoms with E-state index in [0.717, 1.165) is 0 Å². The first-order valence-corrected chi connectivity index (χ1v) is 0. The molecule has 24 valence electrons. The molecule has 0 amide bonds. The Morgan fingerprint density at radius 1 is 0.600 bits per heavy atom. The minimum absolute atomic E-state index is 0. The molecule has 0 aromatic heterocycles. The van der Waals surface area contributed by atoms with Crippen LogP contribution in [0.4, 0.5) is 0 Å². The van der Waals surface area contributed by atoms with Gasteiger partial charge in [-0.2, -0.15) is 0 Å². The zero-order valence-electron chi connectivity index (χ0n) is 2.84. The summed E-state index contributed by atoms with van der Waals surface area (Å²) in [7, 11) is 0. The molecule has 0 bridgehead atoms. The van der Waals surface area contributed by atoms with Gasteiger partial charge in [0.25, 0.3) is 0 Å². The van der Waals surface area contributed by atoms with E-state index in [2.05, 4.69) is 0 Å². The Balaban J connectivity index is 0. The van der Waals surface area contributed by atoms with Crippen LogP contribution in [0, 0.1) is 0 Å². The monoisotopic (exact) mass is 160 g/mol. The van der Waals surface area contributed by atoms with E-state index < -0.39 is 0 Å². The van der Waals surface area contributed by atoms with E-state index in [0.29, 0.717) is 0 Å². The zero-order chi connectivity index (χ0) is 0. The van der Waals surface area contributed by atoms with Gasteiger partial charge in [0.15, 0.2) is 0 Å². The van der Waals surface area contributed by atoms with Gasteiger partial charge < -0.3 is 14.1 Å². The van der Waals surface area contributed by atoms with Crippen molar-refractivity contribution in [1.29, 1.82) is 0 Å². The van der Waals surface area contributed by atoms with Gasteiger partial charge in [-0.15, -0.1) is 0 Å². The molecule has 0 heterocycles. The molecule has 0 atom stereocenters. The van der Waals surface area contributed by atoms with Crippen molar-refractivity contribution in [3.05, 3.63) is 0 Å². The van der Waals surface area contributed by atoms with Crippen molar-refractivity contribution in [2.75, 3.05) is 0 Å². The fourth-order valence-corrected chi connectivity index (χ4v) is 0. The number of hydrogen-bond acceptors (Lipinski definition) is 0. The van der Waals surface area contributed by atoms with Gasteiger partial charge in [0.1, 0.15) is 0 Å². The molecule has 0 aliphatic rings. The van der Waals surface area contributed by atoms with Gasteiger partial charge in [0.2, 0.25) is 0 Å². The van der Waals surface area contributed by atoms with Gasteiger partial charge in [0, 0.05) is 0 Å². The molecule has 0 nitrogen and oxygen atoms in total. The van der Waals surface area contributed by atoms with Gasteiger partial charge in [0.05, 0.1) is 0 Å². The molecule has 0 aliphatic heterocycles. The maximum absolute atomic E-state index is 0. The molecule has 0 radical (unpaired) electrons. The summed E-state index contributed by atoms with van der Waals surface area (Å²) in [6, 6.07) is 0. The predicted molar refractivity (Wildman–Crippen MR) is 0 cm³/mol. The molecule has 0 saturated heterocycles. The summed E-state index contributed by atoms with van der Waals surface area (Å²) in [6.45, 7) is 0. The van der Waals surface area contributed by atoms with Crippen molar-refractivity contribution in [3.63, 3.8) is 0 Å². The summed E-state index contributed by atoms with van der Waals surface area (Å²) in [5, 5.41) is 0. The van der Waals surface area contributed by atoms with Crippen molar-refractivity contribution in [3.8, 4) is 0 Å². The molecule has 5 heteroatoms. The molecule has 0 unspecified atom stereocenters. The molecular weight excluding hydrogens is 161 g/mol. The van der Waals surface area contributed by atoms with Crippen LogP contribution in [0.25, 0.3) is 0 Å². The third-order valence-electron chi connectivity index (χ3n) is 0. The van der Waals surface area contributed by atoms with Crippen LogP contribution in [0.3, 0.4) is 0 Å². The van der Waals surface area contributed by atoms with Gasteiger partial charge in [-0.3, -0.25) is 0 Å². The fraction of sp³-hybridized carbons (Fsp3) is 0. The van der Waals surface area contributed by atoms with E-state index in [1.54, 1.807) is 0 Å². The molecule has 0 spiro atoms. The maximum Gasteiger partial charge on any atom is 2.00 e. The first kappa shape index (κ1) is 61.4. The third kappa shape index (κ3) is 23.6. The minimum atomic E-state index is 0. The normalized spacial score (nSPS) is 0. The van der Waals surface area contributed by atoms with Crippen LogP contribution in [-0.2, 0) is 19.5 Å². The Morgan fingerprint density at radius 2 is 0.600 bits per heavy atom. The summed E-state index contributed by atoms with van der Waals surface area (Å²) < 4.78 is 0. The Hall–Kier alpha value is 2.05. The number of rotatable bonds is 0. The predicted octanol–water partition coefficient (Wildman–Crippen LogP) is -12.0. The summed E-state index contributed by atoms with van der Waals surface area (Å²) in [5.41, 5.74) is 0. The van der Waals surface area contributed by atoms with Crippen LogP contribution in [-0.4, -0.2) is 0 Å². The Kier molecular flexibility index (Phi) is 451. The van der Waals surface area contributed by atoms with Gasteiger partial charge in [-0.05, 0) is 0 Å². The van der Waals surface area contributed by atoms with E-state index in [1.165, 1.54) is 0 Å². The van der Waals surface area contributed by atoms with Crippen molar-refractivity contribution < 1.29 is 85.0 Å². The average Bonchev–Trinajstić information content (AvgIpc) is 0. The van der Waals surface area contributed by atoms with Crippen LogP contribution in [0.5, 0.6) is 0 Å².